The van der Waals surface area contributed by atoms with Crippen LogP contribution in [0.1, 0.15) is 49.7 Å². The number of benzene rings is 1. The monoisotopic (exact) mass is 307 g/mol. The molecule has 0 unspecified atom stereocenters. The van der Waals surface area contributed by atoms with Crippen molar-refractivity contribution in [3.63, 3.8) is 0 Å². The topological polar surface area (TPSA) is 29.1 Å². The highest BCUT2D eigenvalue weighted by Crippen LogP contribution is 2.36. The molecule has 0 aromatic heterocycles. The quantitative estimate of drug-likeness (QED) is 0.783. The first-order valence-corrected chi connectivity index (χ1v) is 8.55. The third-order valence-corrected chi connectivity index (χ3v) is 5.15. The number of amides is 1. The van der Waals surface area contributed by atoms with E-state index < -0.39 is 0 Å². The van der Waals surface area contributed by atoms with Gasteiger partial charge in [-0.1, -0.05) is 49.1 Å². The van der Waals surface area contributed by atoms with Gasteiger partial charge in [-0.05, 0) is 31.7 Å². The van der Waals surface area contributed by atoms with Gasteiger partial charge in [0.1, 0.15) is 0 Å². The maximum absolute atomic E-state index is 12.0. The number of carbonyl (C=O) groups is 1. The number of carbonyl (C=O) groups excluding carboxylic acids is 1. The fourth-order valence-electron chi connectivity index (χ4n) is 3.16. The van der Waals surface area contributed by atoms with Gasteiger partial charge in [0, 0.05) is 24.3 Å². The Balaban J connectivity index is 1.76. The normalized spacial score (nSPS) is 17.4. The van der Waals surface area contributed by atoms with Gasteiger partial charge in [0.2, 0.25) is 5.91 Å². The van der Waals surface area contributed by atoms with Gasteiger partial charge in [-0.3, -0.25) is 4.79 Å². The average molecular weight is 308 g/mol. The molecule has 0 aliphatic heterocycles. The molecule has 1 aromatic rings. The molecule has 1 saturated carbocycles. The van der Waals surface area contributed by atoms with E-state index in [9.17, 15) is 4.79 Å². The number of alkyl halides is 1. The van der Waals surface area contributed by atoms with Gasteiger partial charge in [0.05, 0.1) is 0 Å². The summed E-state index contributed by atoms with van der Waals surface area (Å²) in [5, 5.41) is 3.11. The SMILES string of the molecule is Cc1cccc(CCC(=O)NCC2(CCl)CCCCC2)c1. The maximum Gasteiger partial charge on any atom is 0.220 e. The molecule has 2 rings (SSSR count). The molecular formula is C18H26ClNO. The van der Waals surface area contributed by atoms with E-state index in [4.69, 9.17) is 11.6 Å². The van der Waals surface area contributed by atoms with Crippen molar-refractivity contribution in [2.45, 2.75) is 51.9 Å². The summed E-state index contributed by atoms with van der Waals surface area (Å²) in [5.74, 6) is 0.803. The maximum atomic E-state index is 12.0. The van der Waals surface area contributed by atoms with Crippen LogP contribution in [0.2, 0.25) is 0 Å². The van der Waals surface area contributed by atoms with Crippen LogP contribution in [-0.4, -0.2) is 18.3 Å². The Bertz CT molecular complexity index is 466. The van der Waals surface area contributed by atoms with Crippen LogP contribution in [-0.2, 0) is 11.2 Å². The Morgan fingerprint density at radius 1 is 1.29 bits per heavy atom. The summed E-state index contributed by atoms with van der Waals surface area (Å²) in [4.78, 5) is 12.0. The first kappa shape index (κ1) is 16.4. The molecule has 1 N–H and O–H groups in total. The average Bonchev–Trinajstić information content (AvgIpc) is 2.52. The molecule has 0 spiro atoms. The highest BCUT2D eigenvalue weighted by molar-refractivity contribution is 6.18. The number of nitrogens with one attached hydrogen (secondary N) is 1. The van der Waals surface area contributed by atoms with E-state index in [2.05, 4.69) is 30.4 Å². The second kappa shape index (κ2) is 7.84. The Hall–Kier alpha value is -1.02. The van der Waals surface area contributed by atoms with E-state index >= 15 is 0 Å². The lowest BCUT2D eigenvalue weighted by Crippen LogP contribution is -2.40. The zero-order chi connectivity index (χ0) is 15.1. The molecule has 3 heteroatoms. The smallest absolute Gasteiger partial charge is 0.220 e. The fourth-order valence-corrected chi connectivity index (χ4v) is 3.52. The molecule has 1 amide bonds. The van der Waals surface area contributed by atoms with E-state index in [1.165, 1.54) is 30.4 Å². The van der Waals surface area contributed by atoms with Crippen molar-refractivity contribution < 1.29 is 4.79 Å². The van der Waals surface area contributed by atoms with Crippen molar-refractivity contribution in [1.82, 2.24) is 5.32 Å². The van der Waals surface area contributed by atoms with Crippen molar-refractivity contribution in [2.75, 3.05) is 12.4 Å². The molecule has 0 saturated heterocycles. The first-order chi connectivity index (χ1) is 10.1. The molecule has 0 radical (unpaired) electrons. The molecule has 1 fully saturated rings. The van der Waals surface area contributed by atoms with E-state index in [-0.39, 0.29) is 11.3 Å². The zero-order valence-electron chi connectivity index (χ0n) is 13.0. The molecular weight excluding hydrogens is 282 g/mol. The third kappa shape index (κ3) is 5.03. The van der Waals surface area contributed by atoms with Crippen LogP contribution in [0.5, 0.6) is 0 Å². The van der Waals surface area contributed by atoms with Gasteiger partial charge in [0.25, 0.3) is 0 Å². The predicted octanol–water partition coefficient (Wildman–Crippen LogP) is 4.23. The van der Waals surface area contributed by atoms with Crippen molar-refractivity contribution in [2.24, 2.45) is 5.41 Å². The summed E-state index contributed by atoms with van der Waals surface area (Å²) in [6.07, 6.45) is 7.45. The molecule has 1 aliphatic rings. The second-order valence-electron chi connectivity index (χ2n) is 6.46. The third-order valence-electron chi connectivity index (χ3n) is 4.58. The van der Waals surface area contributed by atoms with E-state index in [1.807, 2.05) is 6.07 Å². The van der Waals surface area contributed by atoms with Crippen LogP contribution in [0.15, 0.2) is 24.3 Å². The van der Waals surface area contributed by atoms with E-state index in [0.29, 0.717) is 12.3 Å². The lowest BCUT2D eigenvalue weighted by Gasteiger charge is -2.35. The fraction of sp³-hybridized carbons (Fsp3) is 0.611. The summed E-state index contributed by atoms with van der Waals surface area (Å²) in [5.41, 5.74) is 2.62. The Morgan fingerprint density at radius 2 is 2.05 bits per heavy atom. The lowest BCUT2D eigenvalue weighted by molar-refractivity contribution is -0.121. The predicted molar refractivity (Wildman–Crippen MR) is 88.7 cm³/mol. The lowest BCUT2D eigenvalue weighted by atomic mass is 9.75. The molecule has 0 heterocycles. The standard InChI is InChI=1S/C18H26ClNO/c1-15-6-5-7-16(12-15)8-9-17(21)20-14-18(13-19)10-3-2-4-11-18/h5-7,12H,2-4,8-11,13-14H2,1H3,(H,20,21). The van der Waals surface area contributed by atoms with Crippen LogP contribution < -0.4 is 5.32 Å². The summed E-state index contributed by atoms with van der Waals surface area (Å²) >= 11 is 6.16. The minimum atomic E-state index is 0.138. The summed E-state index contributed by atoms with van der Waals surface area (Å²) < 4.78 is 0. The highest BCUT2D eigenvalue weighted by atomic mass is 35.5. The first-order valence-electron chi connectivity index (χ1n) is 8.02. The van der Waals surface area contributed by atoms with Crippen LogP contribution in [0, 0.1) is 12.3 Å². The van der Waals surface area contributed by atoms with Crippen LogP contribution in [0.3, 0.4) is 0 Å². The van der Waals surface area contributed by atoms with Gasteiger partial charge in [-0.25, -0.2) is 0 Å². The van der Waals surface area contributed by atoms with Crippen molar-refractivity contribution in [1.29, 1.82) is 0 Å². The van der Waals surface area contributed by atoms with Gasteiger partial charge < -0.3 is 5.32 Å². The van der Waals surface area contributed by atoms with E-state index in [0.717, 1.165) is 25.8 Å². The molecule has 1 aromatic carbocycles. The van der Waals surface area contributed by atoms with Crippen LogP contribution in [0.4, 0.5) is 0 Å². The van der Waals surface area contributed by atoms with Crippen molar-refractivity contribution in [3.8, 4) is 0 Å². The Kier molecular flexibility index (Phi) is 6.10. The van der Waals surface area contributed by atoms with E-state index in [1.54, 1.807) is 0 Å². The Morgan fingerprint density at radius 3 is 2.71 bits per heavy atom. The van der Waals surface area contributed by atoms with Gasteiger partial charge in [-0.15, -0.1) is 11.6 Å². The van der Waals surface area contributed by atoms with Crippen molar-refractivity contribution in [3.05, 3.63) is 35.4 Å². The molecule has 21 heavy (non-hydrogen) atoms. The molecule has 0 bridgehead atoms. The summed E-state index contributed by atoms with van der Waals surface area (Å²) in [6, 6.07) is 8.36. The van der Waals surface area contributed by atoms with Crippen LogP contribution >= 0.6 is 11.6 Å². The van der Waals surface area contributed by atoms with Gasteiger partial charge in [0.15, 0.2) is 0 Å². The number of halogens is 1. The minimum absolute atomic E-state index is 0.138. The highest BCUT2D eigenvalue weighted by Gasteiger charge is 2.31. The molecule has 116 valence electrons. The van der Waals surface area contributed by atoms with Gasteiger partial charge >= 0.3 is 0 Å². The van der Waals surface area contributed by atoms with Crippen molar-refractivity contribution >= 4 is 17.5 Å². The number of aryl methyl sites for hydroxylation is 2. The summed E-state index contributed by atoms with van der Waals surface area (Å²) in [7, 11) is 0. The second-order valence-corrected chi connectivity index (χ2v) is 6.73. The minimum Gasteiger partial charge on any atom is -0.355 e. The molecule has 2 nitrogen and oxygen atoms in total. The Labute approximate surface area is 133 Å². The van der Waals surface area contributed by atoms with Crippen LogP contribution in [0.25, 0.3) is 0 Å². The zero-order valence-corrected chi connectivity index (χ0v) is 13.7. The summed E-state index contributed by atoms with van der Waals surface area (Å²) in [6.45, 7) is 2.82. The van der Waals surface area contributed by atoms with Gasteiger partial charge in [-0.2, -0.15) is 0 Å². The largest absolute Gasteiger partial charge is 0.355 e. The number of hydrogen-bond acceptors (Lipinski definition) is 1. The number of rotatable bonds is 6. The molecule has 0 atom stereocenters. The molecule has 1 aliphatic carbocycles. The number of hydrogen-bond donors (Lipinski definition) is 1.